The first-order chi connectivity index (χ1) is 8.70. The zero-order valence-electron chi connectivity index (χ0n) is 13.5. The number of hydrogen-bond donors (Lipinski definition) is 2. The van der Waals surface area contributed by atoms with Crippen molar-refractivity contribution in [3.8, 4) is 0 Å². The number of unbranched alkanes of at least 4 members (excludes halogenated alkanes) is 3. The molecule has 0 spiro atoms. The van der Waals surface area contributed by atoms with E-state index in [4.69, 9.17) is 14.6 Å². The average Bonchev–Trinajstić information content (AvgIpc) is 2.42. The fourth-order valence-corrected chi connectivity index (χ4v) is 6.38. The summed E-state index contributed by atoms with van der Waals surface area (Å²) in [4.78, 5) is 0. The van der Waals surface area contributed by atoms with Crippen LogP contribution in [0.3, 0.4) is 0 Å². The quantitative estimate of drug-likeness (QED) is 0.421. The minimum atomic E-state index is -2.02. The van der Waals surface area contributed by atoms with Gasteiger partial charge in [0.25, 0.3) is 0 Å². The topological polar surface area (TPSA) is 79.5 Å². The Balaban J connectivity index is 0. The molecule has 0 saturated carbocycles. The lowest BCUT2D eigenvalue weighted by atomic mass is 10.2. The summed E-state index contributed by atoms with van der Waals surface area (Å²) in [5.74, 6) is 0. The van der Waals surface area contributed by atoms with Crippen LogP contribution in [0, 0.1) is 0 Å². The van der Waals surface area contributed by atoms with Crippen molar-refractivity contribution in [2.75, 3.05) is 20.8 Å². The van der Waals surface area contributed by atoms with Gasteiger partial charge in [0.15, 0.2) is 0 Å². The summed E-state index contributed by atoms with van der Waals surface area (Å²) in [7, 11) is 1.65. The maximum absolute atomic E-state index is 5.89. The van der Waals surface area contributed by atoms with E-state index in [1.54, 1.807) is 0 Å². The normalized spacial score (nSPS) is 13.1. The van der Waals surface area contributed by atoms with Crippen LogP contribution in [-0.2, 0) is 8.85 Å². The highest BCUT2D eigenvalue weighted by molar-refractivity contribution is 6.68. The van der Waals surface area contributed by atoms with Crippen LogP contribution in [0.5, 0.6) is 0 Å². The van der Waals surface area contributed by atoms with E-state index in [1.807, 2.05) is 14.2 Å². The molecular weight excluding hydrogens is 256 g/mol. The Morgan fingerprint density at radius 1 is 1.00 bits per heavy atom. The zero-order chi connectivity index (χ0) is 13.9. The highest BCUT2D eigenvalue weighted by Crippen LogP contribution is 2.35. The SMILES string of the molecule is CCCCCC[Si](OC)(OC)C(CC)CCCN.N. The van der Waals surface area contributed by atoms with E-state index in [2.05, 4.69) is 13.8 Å². The fraction of sp³-hybridized carbons (Fsp3) is 1.00. The van der Waals surface area contributed by atoms with Crippen molar-refractivity contribution in [1.29, 1.82) is 0 Å². The average molecular weight is 293 g/mol. The maximum atomic E-state index is 5.89. The van der Waals surface area contributed by atoms with E-state index in [-0.39, 0.29) is 6.15 Å². The van der Waals surface area contributed by atoms with E-state index in [9.17, 15) is 0 Å². The Labute approximate surface area is 121 Å². The third-order valence-corrected chi connectivity index (χ3v) is 8.31. The predicted molar refractivity (Wildman–Crippen MR) is 86.1 cm³/mol. The van der Waals surface area contributed by atoms with Crippen molar-refractivity contribution in [3.05, 3.63) is 0 Å². The first-order valence-electron chi connectivity index (χ1n) is 7.51. The summed E-state index contributed by atoms with van der Waals surface area (Å²) >= 11 is 0. The monoisotopic (exact) mass is 292 g/mol. The Bertz CT molecular complexity index is 190. The smallest absolute Gasteiger partial charge is 0.340 e. The molecule has 0 aromatic heterocycles. The molecule has 0 aliphatic heterocycles. The molecule has 0 rings (SSSR count). The van der Waals surface area contributed by atoms with Gasteiger partial charge in [0.05, 0.1) is 0 Å². The van der Waals surface area contributed by atoms with Crippen LogP contribution in [0.1, 0.15) is 58.8 Å². The molecule has 0 heterocycles. The van der Waals surface area contributed by atoms with Crippen LogP contribution < -0.4 is 11.9 Å². The molecule has 0 amide bonds. The van der Waals surface area contributed by atoms with Crippen molar-refractivity contribution in [2.45, 2.75) is 70.4 Å². The second-order valence-corrected chi connectivity index (χ2v) is 8.82. The lowest BCUT2D eigenvalue weighted by molar-refractivity contribution is 0.222. The zero-order valence-corrected chi connectivity index (χ0v) is 14.5. The van der Waals surface area contributed by atoms with E-state index in [0.29, 0.717) is 5.54 Å². The molecule has 5 N–H and O–H groups in total. The minimum Gasteiger partial charge on any atom is -0.397 e. The molecule has 0 aliphatic carbocycles. The largest absolute Gasteiger partial charge is 0.397 e. The van der Waals surface area contributed by atoms with E-state index < -0.39 is 8.56 Å². The summed E-state index contributed by atoms with van der Waals surface area (Å²) in [5, 5.41) is 0. The summed E-state index contributed by atoms with van der Waals surface area (Å²) in [6.07, 6.45) is 8.49. The third-order valence-electron chi connectivity index (χ3n) is 3.94. The molecular formula is C14H36N2O2Si. The van der Waals surface area contributed by atoms with Crippen LogP contribution in [0.15, 0.2) is 0 Å². The Kier molecular flexibility index (Phi) is 14.7. The first-order valence-corrected chi connectivity index (χ1v) is 9.61. The van der Waals surface area contributed by atoms with Crippen LogP contribution in [0.2, 0.25) is 11.6 Å². The van der Waals surface area contributed by atoms with Gasteiger partial charge < -0.3 is 20.7 Å². The standard InChI is InChI=1S/C14H33NO2Si.H3N/c1-5-7-8-9-13-18(16-3,17-4)14(6-2)11-10-12-15;/h14H,5-13,15H2,1-4H3;1H3. The lowest BCUT2D eigenvalue weighted by Crippen LogP contribution is -2.45. The summed E-state index contributed by atoms with van der Waals surface area (Å²) in [6.45, 7) is 5.25. The van der Waals surface area contributed by atoms with Gasteiger partial charge in [-0.3, -0.25) is 0 Å². The second-order valence-electron chi connectivity index (χ2n) is 5.07. The molecule has 1 atom stereocenters. The van der Waals surface area contributed by atoms with Gasteiger partial charge in [-0.25, -0.2) is 0 Å². The molecule has 0 bridgehead atoms. The fourth-order valence-electron chi connectivity index (χ4n) is 2.72. The molecule has 0 aliphatic rings. The Hall–Kier alpha value is 0.0569. The summed E-state index contributed by atoms with van der Waals surface area (Å²) in [6, 6.07) is 1.13. The molecule has 0 saturated heterocycles. The highest BCUT2D eigenvalue weighted by Gasteiger charge is 2.42. The molecule has 19 heavy (non-hydrogen) atoms. The van der Waals surface area contributed by atoms with Gasteiger partial charge in [-0.05, 0) is 25.4 Å². The number of nitrogens with two attached hydrogens (primary N) is 1. The molecule has 0 aromatic carbocycles. The summed E-state index contributed by atoms with van der Waals surface area (Å²) < 4.78 is 11.8. The predicted octanol–water partition coefficient (Wildman–Crippen LogP) is 3.98. The van der Waals surface area contributed by atoms with Gasteiger partial charge in [-0.15, -0.1) is 0 Å². The van der Waals surface area contributed by atoms with Crippen LogP contribution in [0.4, 0.5) is 0 Å². The van der Waals surface area contributed by atoms with Crippen LogP contribution in [-0.4, -0.2) is 29.3 Å². The van der Waals surface area contributed by atoms with Gasteiger partial charge in [0.2, 0.25) is 0 Å². The van der Waals surface area contributed by atoms with E-state index >= 15 is 0 Å². The van der Waals surface area contributed by atoms with E-state index in [0.717, 1.165) is 31.9 Å². The van der Waals surface area contributed by atoms with Crippen molar-refractivity contribution in [1.82, 2.24) is 6.15 Å². The number of hydrogen-bond acceptors (Lipinski definition) is 4. The van der Waals surface area contributed by atoms with E-state index in [1.165, 1.54) is 25.7 Å². The van der Waals surface area contributed by atoms with Crippen molar-refractivity contribution in [3.63, 3.8) is 0 Å². The molecule has 0 fully saturated rings. The van der Waals surface area contributed by atoms with Gasteiger partial charge in [-0.2, -0.15) is 0 Å². The van der Waals surface area contributed by atoms with Crippen molar-refractivity contribution < 1.29 is 8.85 Å². The minimum absolute atomic E-state index is 0. The first kappa shape index (κ1) is 21.4. The highest BCUT2D eigenvalue weighted by atomic mass is 28.4. The van der Waals surface area contributed by atoms with Crippen molar-refractivity contribution in [2.24, 2.45) is 5.73 Å². The van der Waals surface area contributed by atoms with Gasteiger partial charge in [0, 0.05) is 19.8 Å². The molecule has 4 nitrogen and oxygen atoms in total. The molecule has 0 aromatic rings. The van der Waals surface area contributed by atoms with Gasteiger partial charge in [0.1, 0.15) is 0 Å². The second kappa shape index (κ2) is 13.1. The molecule has 5 heteroatoms. The third kappa shape index (κ3) is 7.42. The maximum Gasteiger partial charge on any atom is 0.340 e. The number of rotatable bonds is 12. The Morgan fingerprint density at radius 2 is 1.63 bits per heavy atom. The Morgan fingerprint density at radius 3 is 2.05 bits per heavy atom. The molecule has 1 unspecified atom stereocenters. The van der Waals surface area contributed by atoms with Crippen molar-refractivity contribution >= 4 is 8.56 Å². The van der Waals surface area contributed by atoms with Gasteiger partial charge in [-0.1, -0.05) is 46.0 Å². The molecule has 118 valence electrons. The summed E-state index contributed by atoms with van der Waals surface area (Å²) in [5.41, 5.74) is 6.21. The lowest BCUT2D eigenvalue weighted by Gasteiger charge is -2.35. The van der Waals surface area contributed by atoms with Crippen LogP contribution in [0.25, 0.3) is 0 Å². The van der Waals surface area contributed by atoms with Crippen LogP contribution >= 0.6 is 0 Å². The molecule has 0 radical (unpaired) electrons. The van der Waals surface area contributed by atoms with Gasteiger partial charge >= 0.3 is 8.56 Å².